The van der Waals surface area contributed by atoms with Gasteiger partial charge in [0.15, 0.2) is 5.82 Å². The lowest BCUT2D eigenvalue weighted by molar-refractivity contribution is 0.0470. The van der Waals surface area contributed by atoms with Crippen LogP contribution in [0, 0.1) is 12.8 Å². The third kappa shape index (κ3) is 3.54. The van der Waals surface area contributed by atoms with Gasteiger partial charge >= 0.3 is 0 Å². The van der Waals surface area contributed by atoms with Gasteiger partial charge in [0.25, 0.3) is 0 Å². The van der Waals surface area contributed by atoms with Crippen molar-refractivity contribution in [3.05, 3.63) is 11.7 Å². The van der Waals surface area contributed by atoms with Crippen molar-refractivity contribution in [2.75, 3.05) is 24.7 Å². The van der Waals surface area contributed by atoms with E-state index < -0.39 is 0 Å². The average molecular weight is 297 g/mol. The predicted octanol–water partition coefficient (Wildman–Crippen LogP) is 2.33. The largest absolute Gasteiger partial charge is 0.381 e. The van der Waals surface area contributed by atoms with E-state index in [0.717, 1.165) is 37.8 Å². The first-order valence-electron chi connectivity index (χ1n) is 7.54. The molecule has 0 unspecified atom stereocenters. The van der Waals surface area contributed by atoms with Crippen LogP contribution in [-0.4, -0.2) is 40.9 Å². The second-order valence-electron chi connectivity index (χ2n) is 5.69. The van der Waals surface area contributed by atoms with Gasteiger partial charge in [0.05, 0.1) is 6.04 Å². The Morgan fingerprint density at radius 3 is 2.80 bits per heavy atom. The summed E-state index contributed by atoms with van der Waals surface area (Å²) in [6.07, 6.45) is 4.68. The number of thioether (sulfide) groups is 1. The average Bonchev–Trinajstić information content (AvgIpc) is 2.93. The zero-order chi connectivity index (χ0) is 13.8. The lowest BCUT2D eigenvalue weighted by Gasteiger charge is -2.33. The fourth-order valence-corrected chi connectivity index (χ4v) is 4.11. The molecule has 1 aromatic rings. The number of hydrogen-bond acceptors (Lipinski definition) is 6. The predicted molar refractivity (Wildman–Crippen MR) is 78.8 cm³/mol. The van der Waals surface area contributed by atoms with E-state index in [1.165, 1.54) is 24.3 Å². The van der Waals surface area contributed by atoms with Crippen LogP contribution in [0.3, 0.4) is 0 Å². The molecule has 2 aliphatic rings. The molecule has 6 heteroatoms. The van der Waals surface area contributed by atoms with E-state index in [-0.39, 0.29) is 6.04 Å². The number of nitrogens with one attached hydrogen (secondary N) is 1. The Morgan fingerprint density at radius 2 is 2.15 bits per heavy atom. The highest BCUT2D eigenvalue weighted by Gasteiger charge is 2.31. The molecule has 2 saturated heterocycles. The maximum absolute atomic E-state index is 5.48. The zero-order valence-corrected chi connectivity index (χ0v) is 12.8. The lowest BCUT2D eigenvalue weighted by Crippen LogP contribution is -2.41. The van der Waals surface area contributed by atoms with Crippen LogP contribution in [0.2, 0.25) is 0 Å². The highest BCUT2D eigenvalue weighted by molar-refractivity contribution is 7.99. The number of ether oxygens (including phenoxy) is 1. The van der Waals surface area contributed by atoms with Crippen LogP contribution >= 0.6 is 11.8 Å². The fraction of sp³-hybridized carbons (Fsp3) is 0.857. The highest BCUT2D eigenvalue weighted by atomic mass is 32.2. The molecule has 20 heavy (non-hydrogen) atoms. The lowest BCUT2D eigenvalue weighted by atomic mass is 9.90. The minimum atomic E-state index is 0.184. The van der Waals surface area contributed by atoms with Gasteiger partial charge in [-0.1, -0.05) is 5.16 Å². The summed E-state index contributed by atoms with van der Waals surface area (Å²) >= 11 is 2.04. The van der Waals surface area contributed by atoms with Gasteiger partial charge in [-0.25, -0.2) is 0 Å². The number of rotatable bonds is 4. The van der Waals surface area contributed by atoms with Gasteiger partial charge in [0.2, 0.25) is 5.89 Å². The van der Waals surface area contributed by atoms with Crippen molar-refractivity contribution in [1.82, 2.24) is 15.5 Å². The van der Waals surface area contributed by atoms with E-state index in [2.05, 4.69) is 15.5 Å². The van der Waals surface area contributed by atoms with Gasteiger partial charge in [0, 0.05) is 25.0 Å². The molecule has 1 N–H and O–H groups in total. The summed E-state index contributed by atoms with van der Waals surface area (Å²) in [5.74, 6) is 4.49. The van der Waals surface area contributed by atoms with Gasteiger partial charge < -0.3 is 14.6 Å². The molecule has 1 aromatic heterocycles. The van der Waals surface area contributed by atoms with Crippen LogP contribution in [0.5, 0.6) is 0 Å². The second kappa shape index (κ2) is 6.91. The molecule has 0 saturated carbocycles. The molecule has 2 aliphatic heterocycles. The minimum absolute atomic E-state index is 0.184. The van der Waals surface area contributed by atoms with Crippen molar-refractivity contribution in [2.45, 2.75) is 44.7 Å². The van der Waals surface area contributed by atoms with E-state index >= 15 is 0 Å². The first-order valence-corrected chi connectivity index (χ1v) is 8.70. The number of aryl methyl sites for hydroxylation is 1. The summed E-state index contributed by atoms with van der Waals surface area (Å²) in [7, 11) is 0. The smallest absolute Gasteiger partial charge is 0.244 e. The van der Waals surface area contributed by atoms with Gasteiger partial charge in [-0.3, -0.25) is 0 Å². The number of nitrogens with zero attached hydrogens (tertiary/aromatic N) is 2. The van der Waals surface area contributed by atoms with E-state index in [4.69, 9.17) is 9.26 Å². The van der Waals surface area contributed by atoms with Crippen LogP contribution in [0.1, 0.15) is 43.4 Å². The Morgan fingerprint density at radius 1 is 1.30 bits per heavy atom. The summed E-state index contributed by atoms with van der Waals surface area (Å²) in [5, 5.41) is 7.75. The van der Waals surface area contributed by atoms with E-state index in [1.54, 1.807) is 0 Å². The molecule has 0 radical (unpaired) electrons. The van der Waals surface area contributed by atoms with Crippen LogP contribution in [0.4, 0.5) is 0 Å². The zero-order valence-electron chi connectivity index (χ0n) is 12.0. The van der Waals surface area contributed by atoms with Crippen molar-refractivity contribution < 1.29 is 9.26 Å². The molecule has 2 atom stereocenters. The van der Waals surface area contributed by atoms with Gasteiger partial charge in [0.1, 0.15) is 0 Å². The number of hydrogen-bond donors (Lipinski definition) is 1. The quantitative estimate of drug-likeness (QED) is 0.920. The maximum Gasteiger partial charge on any atom is 0.244 e. The minimum Gasteiger partial charge on any atom is -0.381 e. The van der Waals surface area contributed by atoms with E-state index in [9.17, 15) is 0 Å². The third-order valence-electron chi connectivity index (χ3n) is 4.12. The molecule has 3 heterocycles. The summed E-state index contributed by atoms with van der Waals surface area (Å²) < 4.78 is 10.9. The Kier molecular flexibility index (Phi) is 4.96. The summed E-state index contributed by atoms with van der Waals surface area (Å²) in [6.45, 7) is 3.56. The normalized spacial score (nSPS) is 26.6. The van der Waals surface area contributed by atoms with Crippen LogP contribution < -0.4 is 5.32 Å². The fourth-order valence-electron chi connectivity index (χ4n) is 3.02. The molecule has 0 bridgehead atoms. The molecule has 3 rings (SSSR count). The number of aromatic nitrogens is 2. The molecule has 0 aromatic carbocycles. The monoisotopic (exact) mass is 297 g/mol. The summed E-state index contributed by atoms with van der Waals surface area (Å²) in [4.78, 5) is 4.46. The second-order valence-corrected chi connectivity index (χ2v) is 6.84. The van der Waals surface area contributed by atoms with Crippen molar-refractivity contribution in [2.24, 2.45) is 5.92 Å². The maximum atomic E-state index is 5.48. The SMILES string of the molecule is Cc1noc([C@@H](N[C@H]2CCCSC2)C2CCOCC2)n1. The Labute approximate surface area is 124 Å². The van der Waals surface area contributed by atoms with Gasteiger partial charge in [-0.05, 0) is 44.3 Å². The Balaban J connectivity index is 1.71. The molecule has 2 fully saturated rings. The first-order chi connectivity index (χ1) is 9.83. The topological polar surface area (TPSA) is 60.2 Å². The van der Waals surface area contributed by atoms with Crippen LogP contribution in [0.15, 0.2) is 4.52 Å². The third-order valence-corrected chi connectivity index (χ3v) is 5.34. The molecular weight excluding hydrogens is 274 g/mol. The highest BCUT2D eigenvalue weighted by Crippen LogP contribution is 2.31. The molecule has 0 spiro atoms. The molecular formula is C14H23N3O2S. The van der Waals surface area contributed by atoms with Gasteiger partial charge in [-0.2, -0.15) is 16.7 Å². The molecule has 0 amide bonds. The molecule has 5 nitrogen and oxygen atoms in total. The van der Waals surface area contributed by atoms with E-state index in [1.807, 2.05) is 18.7 Å². The summed E-state index contributed by atoms with van der Waals surface area (Å²) in [6, 6.07) is 0.748. The Bertz CT molecular complexity index is 414. The van der Waals surface area contributed by atoms with E-state index in [0.29, 0.717) is 12.0 Å². The first kappa shape index (κ1) is 14.4. The molecule has 0 aliphatic carbocycles. The van der Waals surface area contributed by atoms with Crippen molar-refractivity contribution in [1.29, 1.82) is 0 Å². The van der Waals surface area contributed by atoms with Crippen molar-refractivity contribution >= 4 is 11.8 Å². The summed E-state index contributed by atoms with van der Waals surface area (Å²) in [5.41, 5.74) is 0. The van der Waals surface area contributed by atoms with Crippen molar-refractivity contribution in [3.8, 4) is 0 Å². The standard InChI is InChI=1S/C14H23N3O2S/c1-10-15-14(19-17-10)13(11-4-6-18-7-5-11)16-12-3-2-8-20-9-12/h11-13,16H,2-9H2,1H3/t12-,13-/m0/s1. The Hall–Kier alpha value is -0.590. The van der Waals surface area contributed by atoms with Crippen molar-refractivity contribution in [3.63, 3.8) is 0 Å². The molecule has 112 valence electrons. The van der Waals surface area contributed by atoms with Gasteiger partial charge in [-0.15, -0.1) is 0 Å². The van der Waals surface area contributed by atoms with Crippen LogP contribution in [0.25, 0.3) is 0 Å². The van der Waals surface area contributed by atoms with Crippen LogP contribution in [-0.2, 0) is 4.74 Å².